The van der Waals surface area contributed by atoms with Gasteiger partial charge in [0.25, 0.3) is 0 Å². The van der Waals surface area contributed by atoms with Gasteiger partial charge in [0, 0.05) is 6.20 Å². The number of fused-ring (bicyclic) bond motifs is 2. The molecule has 24 heavy (non-hydrogen) atoms. The van der Waals surface area contributed by atoms with Crippen LogP contribution in [0.1, 0.15) is 58.1 Å². The topological polar surface area (TPSA) is 37.6 Å². The van der Waals surface area contributed by atoms with Crippen LogP contribution in [0.15, 0.2) is 52.9 Å². The number of hydrogen-bond acceptors (Lipinski definition) is 3. The first kappa shape index (κ1) is 17.1. The van der Waals surface area contributed by atoms with Gasteiger partial charge in [-0.15, -0.1) is 0 Å². The zero-order valence-electron chi connectivity index (χ0n) is 15.0. The van der Waals surface area contributed by atoms with E-state index in [0.717, 1.165) is 30.3 Å². The number of pyridine rings is 1. The zero-order chi connectivity index (χ0) is 16.8. The highest BCUT2D eigenvalue weighted by Gasteiger charge is 2.42. The molecule has 2 bridgehead atoms. The predicted octanol–water partition coefficient (Wildman–Crippen LogP) is 6.06. The van der Waals surface area contributed by atoms with E-state index in [9.17, 15) is 0 Å². The first-order valence-corrected chi connectivity index (χ1v) is 9.34. The first-order valence-electron chi connectivity index (χ1n) is 9.34. The van der Waals surface area contributed by atoms with Crippen LogP contribution in [-0.2, 0) is 0 Å². The lowest BCUT2D eigenvalue weighted by Gasteiger charge is -2.34. The highest BCUT2D eigenvalue weighted by atomic mass is 15.1. The molecule has 0 aromatic carbocycles. The summed E-state index contributed by atoms with van der Waals surface area (Å²) in [4.78, 5) is 4.35. The van der Waals surface area contributed by atoms with Crippen molar-refractivity contribution in [1.29, 1.82) is 0 Å². The van der Waals surface area contributed by atoms with Gasteiger partial charge in [-0.1, -0.05) is 31.2 Å². The van der Waals surface area contributed by atoms with E-state index in [1.165, 1.54) is 32.1 Å². The molecule has 1 aromatic rings. The number of hydrogen-bond donors (Lipinski definition) is 0. The molecule has 0 saturated heterocycles. The van der Waals surface area contributed by atoms with Crippen LogP contribution >= 0.6 is 0 Å². The molecular weight excluding hydrogens is 294 g/mol. The molecular formula is C21H29N3. The van der Waals surface area contributed by atoms with Gasteiger partial charge in [-0.3, -0.25) is 4.98 Å². The Kier molecular flexibility index (Phi) is 5.60. The van der Waals surface area contributed by atoms with Gasteiger partial charge in [0.2, 0.25) is 0 Å². The maximum Gasteiger partial charge on any atom is 0.107 e. The quantitative estimate of drug-likeness (QED) is 0.463. The Hall–Kier alpha value is -1.77. The van der Waals surface area contributed by atoms with E-state index in [2.05, 4.69) is 34.3 Å². The summed E-state index contributed by atoms with van der Waals surface area (Å²) in [5, 5.41) is 8.87. The molecule has 3 rings (SSSR count). The molecule has 3 unspecified atom stereocenters. The second kappa shape index (κ2) is 7.87. The Labute approximate surface area is 146 Å². The molecule has 0 aliphatic heterocycles. The van der Waals surface area contributed by atoms with Crippen LogP contribution in [0.4, 0.5) is 0 Å². The number of rotatable bonds is 6. The molecule has 1 fully saturated rings. The number of azo groups is 1. The number of allylic oxidation sites excluding steroid dienone is 3. The second-order valence-electron chi connectivity index (χ2n) is 7.43. The minimum Gasteiger partial charge on any atom is -0.255 e. The van der Waals surface area contributed by atoms with Crippen LogP contribution in [0.3, 0.4) is 0 Å². The van der Waals surface area contributed by atoms with Crippen molar-refractivity contribution in [3.05, 3.63) is 48.3 Å². The Morgan fingerprint density at radius 3 is 3.12 bits per heavy atom. The van der Waals surface area contributed by atoms with Gasteiger partial charge >= 0.3 is 0 Å². The van der Waals surface area contributed by atoms with Crippen LogP contribution in [0.25, 0.3) is 5.70 Å². The fourth-order valence-corrected chi connectivity index (χ4v) is 4.37. The molecule has 0 N–H and O–H groups in total. The molecule has 3 heteroatoms. The fraction of sp³-hybridized carbons (Fsp3) is 0.571. The van der Waals surface area contributed by atoms with Crippen molar-refractivity contribution in [1.82, 2.24) is 4.98 Å². The highest BCUT2D eigenvalue weighted by Crippen LogP contribution is 2.53. The number of nitrogens with zero attached hydrogens (tertiary/aromatic N) is 3. The maximum atomic E-state index is 4.45. The largest absolute Gasteiger partial charge is 0.255 e. The zero-order valence-corrected chi connectivity index (χ0v) is 15.0. The monoisotopic (exact) mass is 323 g/mol. The summed E-state index contributed by atoms with van der Waals surface area (Å²) in [6.45, 7) is 5.22. The van der Waals surface area contributed by atoms with Gasteiger partial charge < -0.3 is 0 Å². The van der Waals surface area contributed by atoms with Crippen molar-refractivity contribution in [2.45, 2.75) is 52.4 Å². The molecule has 3 nitrogen and oxygen atoms in total. The smallest absolute Gasteiger partial charge is 0.107 e. The third-order valence-corrected chi connectivity index (χ3v) is 5.99. The average Bonchev–Trinajstić information content (AvgIpc) is 2.90. The lowest BCUT2D eigenvalue weighted by Crippen LogP contribution is -2.26. The average molecular weight is 323 g/mol. The van der Waals surface area contributed by atoms with Crippen LogP contribution in [0.5, 0.6) is 0 Å². The van der Waals surface area contributed by atoms with Crippen LogP contribution in [-0.4, -0.2) is 11.5 Å². The molecule has 0 spiro atoms. The Morgan fingerprint density at radius 2 is 2.33 bits per heavy atom. The summed E-state index contributed by atoms with van der Waals surface area (Å²) in [6, 6.07) is 5.89. The summed E-state index contributed by atoms with van der Waals surface area (Å²) in [5.74, 6) is 1.64. The summed E-state index contributed by atoms with van der Waals surface area (Å²) in [7, 11) is 0. The second-order valence-corrected chi connectivity index (χ2v) is 7.43. The van der Waals surface area contributed by atoms with E-state index in [-0.39, 0.29) is 0 Å². The molecule has 1 aromatic heterocycles. The first-order chi connectivity index (χ1) is 11.7. The Balaban J connectivity index is 1.55. The van der Waals surface area contributed by atoms with E-state index in [1.807, 2.05) is 31.2 Å². The van der Waals surface area contributed by atoms with Crippen molar-refractivity contribution < 1.29 is 0 Å². The van der Waals surface area contributed by atoms with Crippen LogP contribution in [0.2, 0.25) is 0 Å². The van der Waals surface area contributed by atoms with Crippen LogP contribution < -0.4 is 0 Å². The third-order valence-electron chi connectivity index (χ3n) is 5.99. The summed E-state index contributed by atoms with van der Waals surface area (Å²) in [6.07, 6.45) is 16.5. The van der Waals surface area contributed by atoms with Crippen molar-refractivity contribution >= 4 is 5.70 Å². The van der Waals surface area contributed by atoms with Gasteiger partial charge in [0.15, 0.2) is 0 Å². The minimum absolute atomic E-state index is 0.525. The van der Waals surface area contributed by atoms with Crippen molar-refractivity contribution in [3.8, 4) is 0 Å². The normalized spacial score (nSPS) is 28.2. The molecule has 0 radical (unpaired) electrons. The Bertz CT molecular complexity index is 617. The summed E-state index contributed by atoms with van der Waals surface area (Å²) < 4.78 is 0. The van der Waals surface area contributed by atoms with Crippen molar-refractivity contribution in [2.75, 3.05) is 6.54 Å². The third kappa shape index (κ3) is 3.82. The van der Waals surface area contributed by atoms with E-state index in [0.29, 0.717) is 11.3 Å². The predicted molar refractivity (Wildman–Crippen MR) is 99.5 cm³/mol. The van der Waals surface area contributed by atoms with E-state index in [4.69, 9.17) is 0 Å². The van der Waals surface area contributed by atoms with E-state index >= 15 is 0 Å². The summed E-state index contributed by atoms with van der Waals surface area (Å²) in [5.41, 5.74) is 2.28. The Morgan fingerprint density at radius 1 is 1.42 bits per heavy atom. The molecule has 3 atom stereocenters. The highest BCUT2D eigenvalue weighted by molar-refractivity contribution is 5.60. The van der Waals surface area contributed by atoms with Gasteiger partial charge in [0.05, 0.1) is 12.2 Å². The summed E-state index contributed by atoms with van der Waals surface area (Å²) >= 11 is 0. The van der Waals surface area contributed by atoms with Crippen molar-refractivity contribution in [3.63, 3.8) is 0 Å². The molecule has 1 saturated carbocycles. The van der Waals surface area contributed by atoms with Crippen LogP contribution in [0, 0.1) is 17.3 Å². The van der Waals surface area contributed by atoms with E-state index in [1.54, 1.807) is 6.20 Å². The minimum atomic E-state index is 0.525. The lowest BCUT2D eigenvalue weighted by molar-refractivity contribution is 0.171. The van der Waals surface area contributed by atoms with E-state index < -0.39 is 0 Å². The fourth-order valence-electron chi connectivity index (χ4n) is 4.37. The standard InChI is InChI=1S/C21H29N3/c1-3-19(20-9-5-7-14-22-20)24-23-15-11-17(2)21-12-6-4-8-18(16-21)10-13-21/h3-7,9,14,17-18H,8,10-13,15-16H2,1-2H3/b19-3-,24-23?. The van der Waals surface area contributed by atoms with Gasteiger partial charge in [-0.25, -0.2) is 0 Å². The molecule has 1 heterocycles. The van der Waals surface area contributed by atoms with Gasteiger partial charge in [-0.2, -0.15) is 10.2 Å². The van der Waals surface area contributed by atoms with Crippen molar-refractivity contribution in [2.24, 2.45) is 27.5 Å². The maximum absolute atomic E-state index is 4.45. The molecule has 2 aliphatic carbocycles. The van der Waals surface area contributed by atoms with Gasteiger partial charge in [-0.05, 0) is 74.8 Å². The molecule has 0 amide bonds. The lowest BCUT2D eigenvalue weighted by atomic mass is 9.71. The molecule has 2 aliphatic rings. The number of aromatic nitrogens is 1. The molecule has 128 valence electrons. The SMILES string of the molecule is C/C=C(\N=NCCC(C)C12CC=CCC(CC1)C2)c1ccccn1. The van der Waals surface area contributed by atoms with Gasteiger partial charge in [0.1, 0.15) is 5.70 Å².